The van der Waals surface area contributed by atoms with Crippen molar-refractivity contribution in [2.45, 2.75) is 25.7 Å². The summed E-state index contributed by atoms with van der Waals surface area (Å²) in [6.07, 6.45) is 0. The van der Waals surface area contributed by atoms with Gasteiger partial charge < -0.3 is 5.11 Å². The highest BCUT2D eigenvalue weighted by molar-refractivity contribution is 7.89. The number of hydrogen-bond acceptors (Lipinski definition) is 3. The lowest BCUT2D eigenvalue weighted by Gasteiger charge is -2.18. The van der Waals surface area contributed by atoms with Crippen molar-refractivity contribution < 1.29 is 18.3 Å². The third kappa shape index (κ3) is 4.12. The van der Waals surface area contributed by atoms with Gasteiger partial charge >= 0.3 is 5.97 Å². The molecule has 0 heterocycles. The van der Waals surface area contributed by atoms with E-state index in [-0.39, 0.29) is 15.9 Å². The Kier molecular flexibility index (Phi) is 4.13. The summed E-state index contributed by atoms with van der Waals surface area (Å²) < 4.78 is 26.3. The molecule has 1 rings (SSSR count). The van der Waals surface area contributed by atoms with Gasteiger partial charge in [-0.05, 0) is 29.7 Å². The van der Waals surface area contributed by atoms with Gasteiger partial charge in [-0.3, -0.25) is 0 Å². The molecule has 0 amide bonds. The van der Waals surface area contributed by atoms with Crippen molar-refractivity contribution in [3.05, 3.63) is 29.8 Å². The number of carbonyl (C=O) groups is 1. The van der Waals surface area contributed by atoms with Crippen molar-refractivity contribution in [2.24, 2.45) is 5.41 Å². The zero-order chi connectivity index (χ0) is 14.0. The van der Waals surface area contributed by atoms with E-state index in [4.69, 9.17) is 5.11 Å². The van der Waals surface area contributed by atoms with Crippen molar-refractivity contribution >= 4 is 16.0 Å². The molecule has 5 nitrogen and oxygen atoms in total. The lowest BCUT2D eigenvalue weighted by atomic mass is 9.98. The minimum atomic E-state index is -3.58. The quantitative estimate of drug-likeness (QED) is 0.873. The van der Waals surface area contributed by atoms with E-state index in [1.165, 1.54) is 24.3 Å². The molecule has 6 heteroatoms. The maximum atomic E-state index is 11.9. The molecule has 0 aliphatic heterocycles. The summed E-state index contributed by atoms with van der Waals surface area (Å²) in [4.78, 5) is 10.7. The first-order valence-electron chi connectivity index (χ1n) is 5.45. The fourth-order valence-corrected chi connectivity index (χ4v) is 2.46. The van der Waals surface area contributed by atoms with Crippen molar-refractivity contribution in [3.63, 3.8) is 0 Å². The van der Waals surface area contributed by atoms with Crippen LogP contribution in [0.2, 0.25) is 0 Å². The first kappa shape index (κ1) is 14.7. The monoisotopic (exact) mass is 271 g/mol. The summed E-state index contributed by atoms with van der Waals surface area (Å²) >= 11 is 0. The molecule has 2 N–H and O–H groups in total. The Morgan fingerprint density at radius 1 is 1.22 bits per heavy atom. The van der Waals surface area contributed by atoms with Crippen molar-refractivity contribution in [3.8, 4) is 0 Å². The molecular weight excluding hydrogens is 254 g/mol. The Morgan fingerprint density at radius 3 is 2.11 bits per heavy atom. The number of sulfonamides is 1. The Bertz CT molecular complexity index is 526. The third-order valence-electron chi connectivity index (χ3n) is 2.20. The molecule has 0 radical (unpaired) electrons. The second-order valence-corrected chi connectivity index (χ2v) is 6.98. The molecule has 1 aromatic rings. The normalized spacial score (nSPS) is 12.4. The fraction of sp³-hybridized carbons (Fsp3) is 0.417. The standard InChI is InChI=1S/C12H17NO4S/c1-12(2,3)8-13-18(16,17)10-6-4-9(5-7-10)11(14)15/h4-7,13H,8H2,1-3H3,(H,14,15). The van der Waals surface area contributed by atoms with Gasteiger partial charge in [-0.15, -0.1) is 0 Å². The number of nitrogens with one attached hydrogen (secondary N) is 1. The van der Waals surface area contributed by atoms with Crippen molar-refractivity contribution in [1.29, 1.82) is 0 Å². The van der Waals surface area contributed by atoms with Crippen molar-refractivity contribution in [2.75, 3.05) is 6.54 Å². The molecule has 0 aromatic heterocycles. The topological polar surface area (TPSA) is 83.5 Å². The third-order valence-corrected chi connectivity index (χ3v) is 3.62. The summed E-state index contributed by atoms with van der Waals surface area (Å²) in [5.41, 5.74) is -0.0987. The molecule has 0 aliphatic carbocycles. The van der Waals surface area contributed by atoms with Gasteiger partial charge in [0, 0.05) is 6.54 Å². The van der Waals surface area contributed by atoms with Gasteiger partial charge in [0.05, 0.1) is 10.5 Å². The molecule has 100 valence electrons. The largest absolute Gasteiger partial charge is 0.478 e. The highest BCUT2D eigenvalue weighted by Gasteiger charge is 2.18. The van der Waals surface area contributed by atoms with Crippen LogP contribution in [0.15, 0.2) is 29.2 Å². The fourth-order valence-electron chi connectivity index (χ4n) is 1.17. The van der Waals surface area contributed by atoms with E-state index in [2.05, 4.69) is 4.72 Å². The molecule has 1 aromatic carbocycles. The van der Waals surface area contributed by atoms with E-state index >= 15 is 0 Å². The maximum absolute atomic E-state index is 11.9. The zero-order valence-electron chi connectivity index (χ0n) is 10.6. The molecule has 0 atom stereocenters. The summed E-state index contributed by atoms with van der Waals surface area (Å²) in [5.74, 6) is -1.08. The summed E-state index contributed by atoms with van der Waals surface area (Å²) in [7, 11) is -3.58. The first-order chi connectivity index (χ1) is 8.12. The van der Waals surface area contributed by atoms with E-state index in [1.807, 2.05) is 20.8 Å². The minimum Gasteiger partial charge on any atom is -0.478 e. The van der Waals surface area contributed by atoms with Crippen LogP contribution in [0.5, 0.6) is 0 Å². The zero-order valence-corrected chi connectivity index (χ0v) is 11.4. The summed E-state index contributed by atoms with van der Waals surface area (Å²) in [6.45, 7) is 6.07. The Hall–Kier alpha value is -1.40. The average Bonchev–Trinajstić information content (AvgIpc) is 2.26. The number of aromatic carboxylic acids is 1. The van der Waals surface area contributed by atoms with Gasteiger partial charge in [-0.1, -0.05) is 20.8 Å². The van der Waals surface area contributed by atoms with E-state index < -0.39 is 16.0 Å². The number of rotatable bonds is 4. The van der Waals surface area contributed by atoms with Gasteiger partial charge in [0.25, 0.3) is 0 Å². The predicted octanol–water partition coefficient (Wildman–Crippen LogP) is 1.71. The van der Waals surface area contributed by atoms with Gasteiger partial charge in [-0.25, -0.2) is 17.9 Å². The number of hydrogen-bond donors (Lipinski definition) is 2. The molecule has 0 saturated heterocycles. The Labute approximate surface area is 107 Å². The van der Waals surface area contributed by atoms with Crippen LogP contribution in [0, 0.1) is 5.41 Å². The van der Waals surface area contributed by atoms with Crippen LogP contribution in [0.3, 0.4) is 0 Å². The Morgan fingerprint density at radius 2 is 1.72 bits per heavy atom. The first-order valence-corrected chi connectivity index (χ1v) is 6.93. The van der Waals surface area contributed by atoms with Crippen LogP contribution in [-0.4, -0.2) is 26.0 Å². The second-order valence-electron chi connectivity index (χ2n) is 5.21. The lowest BCUT2D eigenvalue weighted by molar-refractivity contribution is 0.0696. The average molecular weight is 271 g/mol. The minimum absolute atomic E-state index is 0.0600. The van der Waals surface area contributed by atoms with Crippen LogP contribution in [0.25, 0.3) is 0 Å². The summed E-state index contributed by atoms with van der Waals surface area (Å²) in [5, 5.41) is 8.72. The van der Waals surface area contributed by atoms with Gasteiger partial charge in [0.15, 0.2) is 0 Å². The second kappa shape index (κ2) is 5.07. The molecular formula is C12H17NO4S. The van der Waals surface area contributed by atoms with Crippen LogP contribution in [0.1, 0.15) is 31.1 Å². The number of carboxylic acid groups (broad SMARTS) is 1. The van der Waals surface area contributed by atoms with Crippen LogP contribution >= 0.6 is 0 Å². The molecule has 0 aliphatic rings. The molecule has 0 bridgehead atoms. The highest BCUT2D eigenvalue weighted by atomic mass is 32.2. The van der Waals surface area contributed by atoms with Crippen LogP contribution in [0.4, 0.5) is 0 Å². The van der Waals surface area contributed by atoms with E-state index in [0.717, 1.165) is 0 Å². The number of carboxylic acids is 1. The summed E-state index contributed by atoms with van der Waals surface area (Å²) in [6, 6.07) is 5.12. The van der Waals surface area contributed by atoms with E-state index in [0.29, 0.717) is 6.54 Å². The Balaban J connectivity index is 2.89. The lowest BCUT2D eigenvalue weighted by Crippen LogP contribution is -2.32. The molecule has 0 spiro atoms. The van der Waals surface area contributed by atoms with Crippen LogP contribution < -0.4 is 4.72 Å². The smallest absolute Gasteiger partial charge is 0.335 e. The maximum Gasteiger partial charge on any atom is 0.335 e. The van der Waals surface area contributed by atoms with Gasteiger partial charge in [0.1, 0.15) is 0 Å². The highest BCUT2D eigenvalue weighted by Crippen LogP contribution is 2.14. The SMILES string of the molecule is CC(C)(C)CNS(=O)(=O)c1ccc(C(=O)O)cc1. The van der Waals surface area contributed by atoms with E-state index in [1.54, 1.807) is 0 Å². The molecule has 0 saturated carbocycles. The molecule has 18 heavy (non-hydrogen) atoms. The van der Waals surface area contributed by atoms with Gasteiger partial charge in [-0.2, -0.15) is 0 Å². The number of benzene rings is 1. The van der Waals surface area contributed by atoms with Gasteiger partial charge in [0.2, 0.25) is 10.0 Å². The molecule has 0 unspecified atom stereocenters. The van der Waals surface area contributed by atoms with Crippen molar-refractivity contribution in [1.82, 2.24) is 4.72 Å². The molecule has 0 fully saturated rings. The van der Waals surface area contributed by atoms with Crippen LogP contribution in [-0.2, 0) is 10.0 Å². The van der Waals surface area contributed by atoms with E-state index in [9.17, 15) is 13.2 Å². The predicted molar refractivity (Wildman–Crippen MR) is 68.0 cm³/mol.